The average Bonchev–Trinajstić information content (AvgIpc) is 2.03. The fraction of sp³-hybridized carbons (Fsp3) is 0.250. The predicted molar refractivity (Wildman–Crippen MR) is 54.7 cm³/mol. The first-order valence-corrected chi connectivity index (χ1v) is 5.43. The van der Waals surface area contributed by atoms with E-state index in [0.29, 0.717) is 10.5 Å². The van der Waals surface area contributed by atoms with Gasteiger partial charge in [0.1, 0.15) is 0 Å². The first-order valence-electron chi connectivity index (χ1n) is 3.53. The highest BCUT2D eigenvalue weighted by atomic mass is 35.5. The number of sulfone groups is 1. The third-order valence-electron chi connectivity index (χ3n) is 1.59. The zero-order valence-corrected chi connectivity index (χ0v) is 8.86. The summed E-state index contributed by atoms with van der Waals surface area (Å²) in [5.41, 5.74) is 6.05. The van der Waals surface area contributed by atoms with Crippen molar-refractivity contribution in [2.75, 3.05) is 6.26 Å². The highest BCUT2D eigenvalue weighted by Crippen LogP contribution is 2.13. The van der Waals surface area contributed by atoms with Crippen molar-refractivity contribution in [2.45, 2.75) is 11.4 Å². The first kappa shape index (κ1) is 12.4. The second-order valence-electron chi connectivity index (χ2n) is 2.58. The van der Waals surface area contributed by atoms with Crippen LogP contribution in [0.3, 0.4) is 0 Å². The van der Waals surface area contributed by atoms with Crippen molar-refractivity contribution in [1.82, 2.24) is 0 Å². The minimum atomic E-state index is -3.13. The molecule has 0 saturated heterocycles. The van der Waals surface area contributed by atoms with Gasteiger partial charge in [0, 0.05) is 12.8 Å². The Hall–Kier alpha value is -0.580. The summed E-state index contributed by atoms with van der Waals surface area (Å²) >= 11 is 0. The molecule has 0 unspecified atom stereocenters. The third kappa shape index (κ3) is 2.99. The van der Waals surface area contributed by atoms with Crippen LogP contribution in [0, 0.1) is 0 Å². The van der Waals surface area contributed by atoms with Crippen LogP contribution in [0.1, 0.15) is 5.56 Å². The van der Waals surface area contributed by atoms with Crippen LogP contribution in [0.25, 0.3) is 0 Å². The van der Waals surface area contributed by atoms with Crippen LogP contribution < -0.4 is 5.73 Å². The molecule has 0 bridgehead atoms. The Bertz CT molecular complexity index is 375. The van der Waals surface area contributed by atoms with Crippen LogP contribution in [0.2, 0.25) is 0 Å². The van der Waals surface area contributed by atoms with Crippen LogP contribution in [0.5, 0.6) is 0 Å². The van der Waals surface area contributed by atoms with Crippen molar-refractivity contribution in [2.24, 2.45) is 5.73 Å². The molecular formula is C8H12ClNO2S. The molecule has 0 fully saturated rings. The minimum Gasteiger partial charge on any atom is -0.326 e. The highest BCUT2D eigenvalue weighted by Gasteiger charge is 2.10. The minimum absolute atomic E-state index is 0. The molecule has 0 saturated carbocycles. The van der Waals surface area contributed by atoms with Gasteiger partial charge in [0.05, 0.1) is 4.90 Å². The van der Waals surface area contributed by atoms with Crippen molar-refractivity contribution in [3.8, 4) is 0 Å². The van der Waals surface area contributed by atoms with Gasteiger partial charge in [0.15, 0.2) is 9.84 Å². The molecule has 1 rings (SSSR count). The van der Waals surface area contributed by atoms with Crippen LogP contribution in [0.4, 0.5) is 0 Å². The number of halogens is 1. The van der Waals surface area contributed by atoms with Gasteiger partial charge in [-0.3, -0.25) is 0 Å². The lowest BCUT2D eigenvalue weighted by Gasteiger charge is -2.03. The van der Waals surface area contributed by atoms with Crippen LogP contribution >= 0.6 is 12.4 Å². The Kier molecular flexibility index (Phi) is 4.39. The maximum atomic E-state index is 11.2. The molecule has 5 heteroatoms. The summed E-state index contributed by atoms with van der Waals surface area (Å²) in [5, 5.41) is 0. The van der Waals surface area contributed by atoms with E-state index in [1.807, 2.05) is 0 Å². The second kappa shape index (κ2) is 4.60. The van der Waals surface area contributed by atoms with Crippen molar-refractivity contribution >= 4 is 22.2 Å². The Morgan fingerprint density at radius 3 is 2.23 bits per heavy atom. The lowest BCUT2D eigenvalue weighted by atomic mass is 10.2. The van der Waals surface area contributed by atoms with E-state index in [-0.39, 0.29) is 19.0 Å². The zero-order chi connectivity index (χ0) is 9.19. The Morgan fingerprint density at radius 1 is 1.31 bits per heavy atom. The number of rotatable bonds is 2. The van der Waals surface area contributed by atoms with E-state index < -0.39 is 9.84 Å². The number of hydrogen-bond donors (Lipinski definition) is 1. The molecule has 0 heterocycles. The maximum absolute atomic E-state index is 11.2. The number of hydrogen-bond acceptors (Lipinski definition) is 3. The lowest BCUT2D eigenvalue weighted by molar-refractivity contribution is 0.600. The second-order valence-corrected chi connectivity index (χ2v) is 4.57. The van der Waals surface area contributed by atoms with E-state index in [9.17, 15) is 8.42 Å². The molecule has 0 aliphatic carbocycles. The molecule has 1 aromatic rings. The molecule has 13 heavy (non-hydrogen) atoms. The van der Waals surface area contributed by atoms with Gasteiger partial charge in [-0.15, -0.1) is 12.4 Å². The van der Waals surface area contributed by atoms with E-state index in [1.165, 1.54) is 6.26 Å². The van der Waals surface area contributed by atoms with Crippen molar-refractivity contribution in [1.29, 1.82) is 0 Å². The molecule has 0 radical (unpaired) electrons. The summed E-state index contributed by atoms with van der Waals surface area (Å²) in [6, 6.07) is 6.75. The Morgan fingerprint density at radius 2 is 1.85 bits per heavy atom. The molecule has 1 aromatic carbocycles. The highest BCUT2D eigenvalue weighted by molar-refractivity contribution is 7.90. The molecule has 0 amide bonds. The fourth-order valence-electron chi connectivity index (χ4n) is 1.03. The number of benzene rings is 1. The van der Waals surface area contributed by atoms with Crippen LogP contribution in [-0.2, 0) is 16.4 Å². The molecule has 0 atom stereocenters. The van der Waals surface area contributed by atoms with Gasteiger partial charge in [-0.05, 0) is 11.6 Å². The van der Waals surface area contributed by atoms with E-state index in [1.54, 1.807) is 24.3 Å². The standard InChI is InChI=1S/C8H11NO2S.ClH/c1-12(10,11)8-5-3-2-4-7(8)6-9;/h2-5H,6,9H2,1H3;1H. The van der Waals surface area contributed by atoms with Gasteiger partial charge in [-0.2, -0.15) is 0 Å². The molecule has 0 spiro atoms. The molecule has 74 valence electrons. The van der Waals surface area contributed by atoms with Gasteiger partial charge >= 0.3 is 0 Å². The normalized spacial score (nSPS) is 10.6. The Labute approximate surface area is 84.3 Å². The zero-order valence-electron chi connectivity index (χ0n) is 7.23. The monoisotopic (exact) mass is 221 g/mol. The van der Waals surface area contributed by atoms with E-state index >= 15 is 0 Å². The van der Waals surface area contributed by atoms with Crippen molar-refractivity contribution < 1.29 is 8.42 Å². The average molecular weight is 222 g/mol. The smallest absolute Gasteiger partial charge is 0.175 e. The SMILES string of the molecule is CS(=O)(=O)c1ccccc1CN.Cl. The predicted octanol–water partition coefficient (Wildman–Crippen LogP) is 0.971. The molecular weight excluding hydrogens is 210 g/mol. The van der Waals surface area contributed by atoms with Gasteiger partial charge in [0.2, 0.25) is 0 Å². The summed E-state index contributed by atoms with van der Waals surface area (Å²) in [5.74, 6) is 0. The van der Waals surface area contributed by atoms with Crippen LogP contribution in [0.15, 0.2) is 29.2 Å². The summed E-state index contributed by atoms with van der Waals surface area (Å²) in [7, 11) is -3.13. The molecule has 2 N–H and O–H groups in total. The quantitative estimate of drug-likeness (QED) is 0.810. The van der Waals surface area contributed by atoms with Gasteiger partial charge in [-0.25, -0.2) is 8.42 Å². The van der Waals surface area contributed by atoms with Crippen molar-refractivity contribution in [3.05, 3.63) is 29.8 Å². The van der Waals surface area contributed by atoms with Crippen molar-refractivity contribution in [3.63, 3.8) is 0 Å². The van der Waals surface area contributed by atoms with Gasteiger partial charge in [0.25, 0.3) is 0 Å². The summed E-state index contributed by atoms with van der Waals surface area (Å²) in [6.45, 7) is 0.253. The van der Waals surface area contributed by atoms with Gasteiger partial charge < -0.3 is 5.73 Å². The topological polar surface area (TPSA) is 60.2 Å². The lowest BCUT2D eigenvalue weighted by Crippen LogP contribution is -2.05. The van der Waals surface area contributed by atoms with Gasteiger partial charge in [-0.1, -0.05) is 18.2 Å². The van der Waals surface area contributed by atoms with Crippen LogP contribution in [-0.4, -0.2) is 14.7 Å². The maximum Gasteiger partial charge on any atom is 0.175 e. The molecule has 0 aliphatic rings. The summed E-state index contributed by atoms with van der Waals surface area (Å²) < 4.78 is 22.3. The number of nitrogens with two attached hydrogens (primary N) is 1. The first-order chi connectivity index (χ1) is 5.55. The molecule has 0 aromatic heterocycles. The largest absolute Gasteiger partial charge is 0.326 e. The Balaban J connectivity index is 0.00000144. The van der Waals surface area contributed by atoms with E-state index in [2.05, 4.69) is 0 Å². The summed E-state index contributed by atoms with van der Waals surface area (Å²) in [4.78, 5) is 0.326. The van der Waals surface area contributed by atoms with E-state index in [0.717, 1.165) is 0 Å². The fourth-order valence-corrected chi connectivity index (χ4v) is 1.99. The molecule has 3 nitrogen and oxygen atoms in total. The van der Waals surface area contributed by atoms with E-state index in [4.69, 9.17) is 5.73 Å². The third-order valence-corrected chi connectivity index (χ3v) is 2.79. The summed E-state index contributed by atoms with van der Waals surface area (Å²) in [6.07, 6.45) is 1.18. The molecule has 0 aliphatic heterocycles.